The fourth-order valence-electron chi connectivity index (χ4n) is 2.87. The third-order valence-electron chi connectivity index (χ3n) is 4.26. The number of carbonyl (C=O) groups excluding carboxylic acids is 1. The van der Waals surface area contributed by atoms with Gasteiger partial charge in [-0.15, -0.1) is 0 Å². The predicted molar refractivity (Wildman–Crippen MR) is 78.7 cm³/mol. The maximum absolute atomic E-state index is 11.9. The number of rotatable bonds is 4. The van der Waals surface area contributed by atoms with Crippen molar-refractivity contribution >= 4 is 11.6 Å². The Morgan fingerprint density at radius 2 is 2.05 bits per heavy atom. The van der Waals surface area contributed by atoms with Crippen LogP contribution in [0.15, 0.2) is 24.3 Å². The van der Waals surface area contributed by atoms with Crippen LogP contribution in [-0.4, -0.2) is 12.5 Å². The van der Waals surface area contributed by atoms with E-state index in [1.807, 2.05) is 24.3 Å². The van der Waals surface area contributed by atoms with Crippen LogP contribution in [0.1, 0.15) is 38.2 Å². The zero-order valence-electron chi connectivity index (χ0n) is 11.7. The smallest absolute Gasteiger partial charge is 0.224 e. The number of hydrogen-bond donors (Lipinski definition) is 2. The van der Waals surface area contributed by atoms with Crippen LogP contribution in [0.2, 0.25) is 0 Å². The summed E-state index contributed by atoms with van der Waals surface area (Å²) in [5, 5.41) is 3.06. The molecular formula is C16H24N2O. The van der Waals surface area contributed by atoms with E-state index < -0.39 is 0 Å². The molecule has 2 atom stereocenters. The largest absolute Gasteiger partial charge is 0.398 e. The number of benzene rings is 1. The van der Waals surface area contributed by atoms with Crippen molar-refractivity contribution in [2.24, 2.45) is 11.8 Å². The number of nitrogen functional groups attached to an aromatic ring is 1. The topological polar surface area (TPSA) is 55.1 Å². The van der Waals surface area contributed by atoms with Crippen molar-refractivity contribution in [2.45, 2.75) is 39.0 Å². The molecule has 3 heteroatoms. The van der Waals surface area contributed by atoms with Crippen molar-refractivity contribution in [2.75, 3.05) is 12.3 Å². The normalized spacial score (nSPS) is 23.0. The Hall–Kier alpha value is -1.51. The summed E-state index contributed by atoms with van der Waals surface area (Å²) in [5.41, 5.74) is 7.46. The van der Waals surface area contributed by atoms with Crippen molar-refractivity contribution in [3.8, 4) is 0 Å². The molecule has 1 aliphatic rings. The maximum Gasteiger partial charge on any atom is 0.224 e. The Balaban J connectivity index is 1.80. The molecule has 1 amide bonds. The van der Waals surface area contributed by atoms with Crippen LogP contribution in [0.4, 0.5) is 5.69 Å². The molecule has 0 aromatic heterocycles. The molecule has 0 bridgehead atoms. The number of nitrogens with two attached hydrogens (primary N) is 1. The molecular weight excluding hydrogens is 236 g/mol. The second-order valence-electron chi connectivity index (χ2n) is 5.70. The van der Waals surface area contributed by atoms with Gasteiger partial charge in [0.05, 0.1) is 6.42 Å². The molecule has 1 fully saturated rings. The van der Waals surface area contributed by atoms with E-state index in [-0.39, 0.29) is 5.91 Å². The molecule has 104 valence electrons. The van der Waals surface area contributed by atoms with Gasteiger partial charge in [-0.3, -0.25) is 4.79 Å². The minimum atomic E-state index is 0.0793. The summed E-state index contributed by atoms with van der Waals surface area (Å²) in [6.07, 6.45) is 5.57. The second kappa shape index (κ2) is 6.60. The van der Waals surface area contributed by atoms with Crippen molar-refractivity contribution in [1.29, 1.82) is 0 Å². The van der Waals surface area contributed by atoms with Crippen LogP contribution in [0.5, 0.6) is 0 Å². The van der Waals surface area contributed by atoms with Crippen molar-refractivity contribution in [3.05, 3.63) is 29.8 Å². The zero-order chi connectivity index (χ0) is 13.7. The highest BCUT2D eigenvalue weighted by molar-refractivity contribution is 5.80. The summed E-state index contributed by atoms with van der Waals surface area (Å²) in [7, 11) is 0. The van der Waals surface area contributed by atoms with Gasteiger partial charge in [0.2, 0.25) is 5.91 Å². The highest BCUT2D eigenvalue weighted by Gasteiger charge is 2.21. The van der Waals surface area contributed by atoms with E-state index >= 15 is 0 Å². The third-order valence-corrected chi connectivity index (χ3v) is 4.26. The van der Waals surface area contributed by atoms with Crippen LogP contribution in [0, 0.1) is 11.8 Å². The lowest BCUT2D eigenvalue weighted by atomic mass is 9.80. The van der Waals surface area contributed by atoms with Gasteiger partial charge < -0.3 is 11.1 Å². The molecule has 3 N–H and O–H groups in total. The molecule has 0 radical (unpaired) electrons. The molecule has 0 spiro atoms. The first kappa shape index (κ1) is 13.9. The Kier molecular flexibility index (Phi) is 4.83. The Labute approximate surface area is 115 Å². The molecule has 1 aromatic rings. The SMILES string of the molecule is CC1CCCCC1CNC(=O)Cc1ccccc1N. The van der Waals surface area contributed by atoms with E-state index in [1.54, 1.807) is 0 Å². The zero-order valence-corrected chi connectivity index (χ0v) is 11.7. The van der Waals surface area contributed by atoms with Crippen molar-refractivity contribution in [1.82, 2.24) is 5.32 Å². The molecule has 1 aromatic carbocycles. The van der Waals surface area contributed by atoms with Gasteiger partial charge in [-0.25, -0.2) is 0 Å². The van der Waals surface area contributed by atoms with Crippen LogP contribution >= 0.6 is 0 Å². The van der Waals surface area contributed by atoms with Crippen molar-refractivity contribution < 1.29 is 4.79 Å². The number of nitrogens with one attached hydrogen (secondary N) is 1. The van der Waals surface area contributed by atoms with E-state index in [1.165, 1.54) is 25.7 Å². The van der Waals surface area contributed by atoms with Gasteiger partial charge in [-0.05, 0) is 29.9 Å². The van der Waals surface area contributed by atoms with Gasteiger partial charge in [0.1, 0.15) is 0 Å². The second-order valence-corrected chi connectivity index (χ2v) is 5.70. The summed E-state index contributed by atoms with van der Waals surface area (Å²) in [6.45, 7) is 3.11. The van der Waals surface area contributed by atoms with Crippen LogP contribution in [0.25, 0.3) is 0 Å². The quantitative estimate of drug-likeness (QED) is 0.818. The van der Waals surface area contributed by atoms with Gasteiger partial charge in [0.15, 0.2) is 0 Å². The number of anilines is 1. The molecule has 0 saturated heterocycles. The molecule has 2 rings (SSSR count). The molecule has 0 heterocycles. The first-order chi connectivity index (χ1) is 9.16. The average molecular weight is 260 g/mol. The molecule has 19 heavy (non-hydrogen) atoms. The van der Waals surface area contributed by atoms with Gasteiger partial charge in [-0.1, -0.05) is 44.4 Å². The van der Waals surface area contributed by atoms with E-state index in [0.717, 1.165) is 18.0 Å². The van der Waals surface area contributed by atoms with E-state index in [4.69, 9.17) is 5.73 Å². The molecule has 3 nitrogen and oxygen atoms in total. The molecule has 1 aliphatic carbocycles. The Bertz CT molecular complexity index is 431. The number of amides is 1. The highest BCUT2D eigenvalue weighted by atomic mass is 16.1. The lowest BCUT2D eigenvalue weighted by molar-refractivity contribution is -0.120. The monoisotopic (exact) mass is 260 g/mol. The summed E-state index contributed by atoms with van der Waals surface area (Å²) in [5.74, 6) is 1.46. The van der Waals surface area contributed by atoms with Crippen molar-refractivity contribution in [3.63, 3.8) is 0 Å². The van der Waals surface area contributed by atoms with Gasteiger partial charge in [-0.2, -0.15) is 0 Å². The predicted octanol–water partition coefficient (Wildman–Crippen LogP) is 2.75. The first-order valence-electron chi connectivity index (χ1n) is 7.27. The van der Waals surface area contributed by atoms with E-state index in [2.05, 4.69) is 12.2 Å². The van der Waals surface area contributed by atoms with E-state index in [9.17, 15) is 4.79 Å². The number of para-hydroxylation sites is 1. The lowest BCUT2D eigenvalue weighted by Crippen LogP contribution is -2.34. The highest BCUT2D eigenvalue weighted by Crippen LogP contribution is 2.28. The molecule has 1 saturated carbocycles. The summed E-state index contributed by atoms with van der Waals surface area (Å²) in [4.78, 5) is 11.9. The van der Waals surface area contributed by atoms with Crippen LogP contribution in [0.3, 0.4) is 0 Å². The summed E-state index contributed by atoms with van der Waals surface area (Å²) in [6, 6.07) is 7.56. The van der Waals surface area contributed by atoms with Crippen LogP contribution in [-0.2, 0) is 11.2 Å². The van der Waals surface area contributed by atoms with Gasteiger partial charge in [0.25, 0.3) is 0 Å². The number of hydrogen-bond acceptors (Lipinski definition) is 2. The fraction of sp³-hybridized carbons (Fsp3) is 0.562. The Morgan fingerprint density at radius 3 is 2.79 bits per heavy atom. The average Bonchev–Trinajstić information content (AvgIpc) is 2.40. The Morgan fingerprint density at radius 1 is 1.32 bits per heavy atom. The number of carbonyl (C=O) groups is 1. The third kappa shape index (κ3) is 3.98. The standard InChI is InChI=1S/C16H24N2O/c1-12-6-2-3-8-14(12)11-18-16(19)10-13-7-4-5-9-15(13)17/h4-5,7,9,12,14H,2-3,6,8,10-11,17H2,1H3,(H,18,19). The fourth-order valence-corrected chi connectivity index (χ4v) is 2.87. The lowest BCUT2D eigenvalue weighted by Gasteiger charge is -2.28. The van der Waals surface area contributed by atoms with Gasteiger partial charge >= 0.3 is 0 Å². The minimum absolute atomic E-state index is 0.0793. The summed E-state index contributed by atoms with van der Waals surface area (Å²) >= 11 is 0. The van der Waals surface area contributed by atoms with Gasteiger partial charge in [0, 0.05) is 12.2 Å². The summed E-state index contributed by atoms with van der Waals surface area (Å²) < 4.78 is 0. The molecule has 0 aliphatic heterocycles. The van der Waals surface area contributed by atoms with E-state index in [0.29, 0.717) is 18.0 Å². The van der Waals surface area contributed by atoms with Crippen LogP contribution < -0.4 is 11.1 Å². The first-order valence-corrected chi connectivity index (χ1v) is 7.27. The maximum atomic E-state index is 11.9. The molecule has 2 unspecified atom stereocenters. The minimum Gasteiger partial charge on any atom is -0.398 e.